The van der Waals surface area contributed by atoms with Crippen molar-refractivity contribution in [3.05, 3.63) is 53.1 Å². The molecule has 1 aliphatic rings. The number of ketones is 1. The van der Waals surface area contributed by atoms with E-state index >= 15 is 0 Å². The van der Waals surface area contributed by atoms with Gasteiger partial charge in [-0.1, -0.05) is 12.1 Å². The first-order valence-electron chi connectivity index (χ1n) is 9.12. The van der Waals surface area contributed by atoms with Crippen molar-refractivity contribution in [1.82, 2.24) is 0 Å². The van der Waals surface area contributed by atoms with Crippen LogP contribution < -0.4 is 0 Å². The number of hydrogen-bond acceptors (Lipinski definition) is 4. The predicted octanol–water partition coefficient (Wildman–Crippen LogP) is 2.50. The molecule has 0 saturated carbocycles. The molecule has 0 aromatic heterocycles. The van der Waals surface area contributed by atoms with Crippen molar-refractivity contribution in [2.24, 2.45) is 4.99 Å². The average molecular weight is 296 g/mol. The molecule has 0 fully saturated rings. The Hall–Kier alpha value is -2.76. The van der Waals surface area contributed by atoms with Crippen LogP contribution in [0.15, 0.2) is 46.7 Å². The molecule has 0 aliphatic carbocycles. The molecule has 0 amide bonds. The fourth-order valence-corrected chi connectivity index (χ4v) is 1.40. The quantitative estimate of drug-likeness (QED) is 0.660. The van der Waals surface area contributed by atoms with Crippen molar-refractivity contribution in [3.63, 3.8) is 0 Å². The molecule has 1 unspecified atom stereocenters. The van der Waals surface area contributed by atoms with Crippen LogP contribution in [0, 0.1) is 5.82 Å². The molecule has 0 saturated heterocycles. The molecule has 6 heteroatoms. The molecule has 0 radical (unpaired) electrons. The molecule has 1 heterocycles. The Morgan fingerprint density at radius 3 is 2.90 bits per heavy atom. The van der Waals surface area contributed by atoms with Crippen molar-refractivity contribution in [3.8, 4) is 0 Å². The lowest BCUT2D eigenvalue weighted by Crippen LogP contribution is -2.09. The van der Waals surface area contributed by atoms with E-state index in [0.29, 0.717) is 0 Å². The van der Waals surface area contributed by atoms with Crippen LogP contribution in [0.1, 0.15) is 28.0 Å². The highest BCUT2D eigenvalue weighted by molar-refractivity contribution is 6.23. The number of allylic oxidation sites excluding steroid dienone is 3. The third-order valence-electron chi connectivity index (χ3n) is 2.32. The highest BCUT2D eigenvalue weighted by Crippen LogP contribution is 2.21. The molecule has 0 spiro atoms. The minimum atomic E-state index is -1.83. The van der Waals surface area contributed by atoms with E-state index < -0.39 is 89.4 Å². The van der Waals surface area contributed by atoms with Gasteiger partial charge in [-0.15, -0.1) is 0 Å². The van der Waals surface area contributed by atoms with E-state index in [-0.39, 0.29) is 0 Å². The number of halogens is 1. The second-order valence-corrected chi connectivity index (χ2v) is 3.78. The predicted molar refractivity (Wildman–Crippen MR) is 74.4 cm³/mol. The van der Waals surface area contributed by atoms with Crippen LogP contribution in [-0.4, -0.2) is 28.2 Å². The SMILES string of the molecule is [2H]C1=NC(=C(O)CC([2H])C(=O)O)C(=O)C([2H])=C1c1c([2H])c([2H])c([2H])c(F)c1[2H]. The summed E-state index contributed by atoms with van der Waals surface area (Å²) < 4.78 is 67.5. The minimum Gasteiger partial charge on any atom is -0.510 e. The van der Waals surface area contributed by atoms with Crippen LogP contribution in [0.2, 0.25) is 0 Å². The summed E-state index contributed by atoms with van der Waals surface area (Å²) in [7, 11) is 0. The number of benzene rings is 1. The highest BCUT2D eigenvalue weighted by Gasteiger charge is 2.18. The fourth-order valence-electron chi connectivity index (χ4n) is 1.40. The van der Waals surface area contributed by atoms with Gasteiger partial charge < -0.3 is 10.2 Å². The number of nitrogens with zero attached hydrogens (tertiary/aromatic N) is 1. The van der Waals surface area contributed by atoms with Crippen LogP contribution in [0.5, 0.6) is 0 Å². The smallest absolute Gasteiger partial charge is 0.303 e. The number of hydrogen-bond donors (Lipinski definition) is 2. The number of aliphatic hydroxyl groups excluding tert-OH is 1. The van der Waals surface area contributed by atoms with E-state index in [1.165, 1.54) is 0 Å². The zero-order valence-electron chi connectivity index (χ0n) is 17.3. The minimum absolute atomic E-state index is 0.732. The topological polar surface area (TPSA) is 87.0 Å². The Kier molecular flexibility index (Phi) is 2.30. The maximum atomic E-state index is 14.0. The average Bonchev–Trinajstić information content (AvgIpc) is 2.63. The van der Waals surface area contributed by atoms with Crippen molar-refractivity contribution >= 4 is 23.5 Å². The molecule has 5 nitrogen and oxygen atoms in total. The van der Waals surface area contributed by atoms with Crippen LogP contribution in [0.25, 0.3) is 5.57 Å². The van der Waals surface area contributed by atoms with Gasteiger partial charge in [-0.25, -0.2) is 9.38 Å². The summed E-state index contributed by atoms with van der Waals surface area (Å²) in [5.41, 5.74) is -2.32. The zero-order valence-corrected chi connectivity index (χ0v) is 10.3. The van der Waals surface area contributed by atoms with Crippen LogP contribution >= 0.6 is 0 Å². The number of carboxylic acid groups (broad SMARTS) is 1. The molecular formula is C15H12FNO4. The van der Waals surface area contributed by atoms with Crippen molar-refractivity contribution in [2.45, 2.75) is 12.8 Å². The summed E-state index contributed by atoms with van der Waals surface area (Å²) in [5.74, 6) is -5.28. The second kappa shape index (κ2) is 6.13. The molecule has 108 valence electrons. The van der Waals surface area contributed by atoms with Gasteiger partial charge in [0, 0.05) is 19.6 Å². The van der Waals surface area contributed by atoms with Gasteiger partial charge in [0.1, 0.15) is 17.3 Å². The molecule has 1 aromatic carbocycles. The summed E-state index contributed by atoms with van der Waals surface area (Å²) in [6.45, 7) is 0. The summed E-state index contributed by atoms with van der Waals surface area (Å²) in [5, 5.41) is 18.6. The van der Waals surface area contributed by atoms with E-state index in [4.69, 9.17) is 14.7 Å². The van der Waals surface area contributed by atoms with E-state index in [1.807, 2.05) is 0 Å². The van der Waals surface area contributed by atoms with Crippen LogP contribution in [0.3, 0.4) is 0 Å². The summed E-state index contributed by atoms with van der Waals surface area (Å²) in [6.07, 6.45) is -3.54. The van der Waals surface area contributed by atoms with Crippen LogP contribution in [-0.2, 0) is 9.59 Å². The van der Waals surface area contributed by atoms with Gasteiger partial charge in [0.2, 0.25) is 5.78 Å². The van der Waals surface area contributed by atoms with Crippen molar-refractivity contribution < 1.29 is 33.8 Å². The van der Waals surface area contributed by atoms with Gasteiger partial charge in [-0.2, -0.15) is 0 Å². The zero-order chi connectivity index (χ0) is 21.5. The normalized spacial score (nSPS) is 23.8. The first kappa shape index (κ1) is 7.87. The van der Waals surface area contributed by atoms with E-state index in [1.54, 1.807) is 0 Å². The van der Waals surface area contributed by atoms with Gasteiger partial charge in [0.05, 0.1) is 14.6 Å². The van der Waals surface area contributed by atoms with Gasteiger partial charge in [0.25, 0.3) is 0 Å². The third kappa shape index (κ3) is 3.62. The van der Waals surface area contributed by atoms with E-state index in [9.17, 15) is 19.1 Å². The molecule has 21 heavy (non-hydrogen) atoms. The summed E-state index contributed by atoms with van der Waals surface area (Å²) in [6, 6.07) is -4.88. The first-order valence-corrected chi connectivity index (χ1v) is 5.54. The number of rotatable bonds is 4. The Balaban J connectivity index is 2.67. The molecule has 2 N–H and O–H groups in total. The number of dihydropyridines is 1. The van der Waals surface area contributed by atoms with E-state index in [0.717, 1.165) is 0 Å². The van der Waals surface area contributed by atoms with Gasteiger partial charge in [-0.3, -0.25) is 9.59 Å². The lowest BCUT2D eigenvalue weighted by atomic mass is 10.0. The maximum absolute atomic E-state index is 14.0. The number of aliphatic carboxylic acids is 1. The molecule has 1 aliphatic heterocycles. The Bertz CT molecular complexity index is 974. The summed E-state index contributed by atoms with van der Waals surface area (Å²) >= 11 is 0. The van der Waals surface area contributed by atoms with Gasteiger partial charge in [0.15, 0.2) is 0 Å². The molecule has 2 rings (SSSR count). The molecule has 1 aromatic rings. The number of aliphatic imine (C=N–C) groups is 1. The lowest BCUT2D eigenvalue weighted by Gasteiger charge is -2.10. The Morgan fingerprint density at radius 1 is 1.43 bits per heavy atom. The Labute approximate surface area is 129 Å². The van der Waals surface area contributed by atoms with Gasteiger partial charge in [-0.05, 0) is 23.7 Å². The first-order chi connectivity index (χ1) is 12.9. The molecule has 0 bridgehead atoms. The third-order valence-corrected chi connectivity index (χ3v) is 2.32. The summed E-state index contributed by atoms with van der Waals surface area (Å²) in [4.78, 5) is 26.5. The standard InChI is InChI=1S/C15H12FNO4/c16-11-3-1-2-9(6-11)10-7-13(19)15(17-8-10)12(18)4-5-14(20)21/h1-3,6-8,18H,4-5H2,(H,20,21)/i1D,2D,3D,5D,6D,7D,8D. The van der Waals surface area contributed by atoms with E-state index in [2.05, 4.69) is 4.99 Å². The number of carbonyl (C=O) groups is 2. The van der Waals surface area contributed by atoms with Crippen molar-refractivity contribution in [2.75, 3.05) is 0 Å². The maximum Gasteiger partial charge on any atom is 0.303 e. The number of aliphatic hydroxyl groups is 1. The number of carbonyl (C=O) groups excluding carboxylic acids is 1. The largest absolute Gasteiger partial charge is 0.510 e. The lowest BCUT2D eigenvalue weighted by molar-refractivity contribution is -0.137. The Morgan fingerprint density at radius 2 is 2.19 bits per heavy atom. The molecule has 1 atom stereocenters. The highest BCUT2D eigenvalue weighted by atomic mass is 19.1. The van der Waals surface area contributed by atoms with Crippen molar-refractivity contribution in [1.29, 1.82) is 0 Å². The van der Waals surface area contributed by atoms with Gasteiger partial charge >= 0.3 is 5.97 Å². The van der Waals surface area contributed by atoms with Crippen LogP contribution in [0.4, 0.5) is 4.39 Å². The second-order valence-electron chi connectivity index (χ2n) is 3.78. The molecular weight excluding hydrogens is 277 g/mol. The fraction of sp³-hybridized carbons (Fsp3) is 0.133. The number of carboxylic acids is 1. The monoisotopic (exact) mass is 296 g/mol.